The standard InChI is InChI=1S/C64H86N6O8/c1-5-43(2)60(74)66-59(48-24-16-9-17-25-48)64(78)70-37-33-57(72)55(70)42-68(35-31-46-20-12-7-13-21-46)62(76)52-29-27-49-38-51(28-26-50(49)39-52)61(75)67(34-30-45-18-10-6-11-19-45)41-54-56(71)32-36-69(54)63(77)53(40-58(73)44(3)65-4)47-22-14-8-15-23-47/h6-7,10-13,18-21,26-29,38-39,43-44,47-48,53-57,59,65,71-72H,5,8-9,14-17,22-25,30-37,40-42H2,1-4H3,(H,66,74)/t43-,44+,53+,54-,55-,56+,57+,59+/m1/s1. The third kappa shape index (κ3) is 14.4. The smallest absolute Gasteiger partial charge is 0.253 e. The summed E-state index contributed by atoms with van der Waals surface area (Å²) in [7, 11) is 1.75. The molecule has 8 rings (SSSR count). The number of benzene rings is 4. The first-order valence-electron chi connectivity index (χ1n) is 29.4. The fourth-order valence-corrected chi connectivity index (χ4v) is 12.6. The van der Waals surface area contributed by atoms with Crippen molar-refractivity contribution in [2.24, 2.45) is 23.7 Å². The van der Waals surface area contributed by atoms with Crippen LogP contribution in [0, 0.1) is 23.7 Å². The van der Waals surface area contributed by atoms with Gasteiger partial charge in [0.05, 0.1) is 30.3 Å². The molecule has 4 aliphatic rings. The van der Waals surface area contributed by atoms with E-state index in [2.05, 4.69) is 10.6 Å². The second-order valence-electron chi connectivity index (χ2n) is 23.0. The molecule has 4 N–H and O–H groups in total. The highest BCUT2D eigenvalue weighted by atomic mass is 16.3. The van der Waals surface area contributed by atoms with Crippen molar-refractivity contribution in [1.29, 1.82) is 0 Å². The van der Waals surface area contributed by atoms with Gasteiger partial charge in [-0.2, -0.15) is 0 Å². The van der Waals surface area contributed by atoms with Gasteiger partial charge in [0, 0.05) is 68.7 Å². The summed E-state index contributed by atoms with van der Waals surface area (Å²) in [5.41, 5.74) is 2.96. The van der Waals surface area contributed by atoms with Crippen molar-refractivity contribution in [3.8, 4) is 0 Å². The van der Waals surface area contributed by atoms with Gasteiger partial charge in [-0.3, -0.25) is 28.8 Å². The van der Waals surface area contributed by atoms with E-state index in [1.807, 2.05) is 106 Å². The summed E-state index contributed by atoms with van der Waals surface area (Å²) < 4.78 is 0. The molecule has 8 atom stereocenters. The third-order valence-electron chi connectivity index (χ3n) is 18.0. The van der Waals surface area contributed by atoms with Crippen molar-refractivity contribution in [1.82, 2.24) is 30.2 Å². The lowest BCUT2D eigenvalue weighted by Crippen LogP contribution is -2.57. The van der Waals surface area contributed by atoms with Crippen LogP contribution in [0.15, 0.2) is 97.1 Å². The van der Waals surface area contributed by atoms with Crippen molar-refractivity contribution in [2.75, 3.05) is 46.3 Å². The lowest BCUT2D eigenvalue weighted by atomic mass is 9.76. The summed E-state index contributed by atoms with van der Waals surface area (Å²) in [4.78, 5) is 93.1. The van der Waals surface area contributed by atoms with Crippen molar-refractivity contribution in [2.45, 2.75) is 160 Å². The minimum absolute atomic E-state index is 0.000606. The number of hydrogen-bond acceptors (Lipinski definition) is 9. The molecule has 2 saturated heterocycles. The molecule has 420 valence electrons. The highest BCUT2D eigenvalue weighted by molar-refractivity contribution is 6.02. The highest BCUT2D eigenvalue weighted by Crippen LogP contribution is 2.36. The van der Waals surface area contributed by atoms with E-state index in [0.29, 0.717) is 69.4 Å². The van der Waals surface area contributed by atoms with Gasteiger partial charge in [-0.15, -0.1) is 0 Å². The number of likely N-dealkylation sites (tertiary alicyclic amines) is 2. The summed E-state index contributed by atoms with van der Waals surface area (Å²) >= 11 is 0. The predicted octanol–water partition coefficient (Wildman–Crippen LogP) is 8.01. The number of rotatable bonds is 23. The first kappa shape index (κ1) is 58.2. The Hall–Kier alpha value is -5.96. The van der Waals surface area contributed by atoms with Crippen LogP contribution in [0.3, 0.4) is 0 Å². The molecule has 14 nitrogen and oxygen atoms in total. The lowest BCUT2D eigenvalue weighted by Gasteiger charge is -2.37. The summed E-state index contributed by atoms with van der Waals surface area (Å²) in [6, 6.07) is 28.3. The van der Waals surface area contributed by atoms with Crippen LogP contribution in [0.4, 0.5) is 0 Å². The first-order chi connectivity index (χ1) is 37.7. The van der Waals surface area contributed by atoms with Gasteiger partial charge in [-0.1, -0.05) is 125 Å². The number of aliphatic hydroxyl groups excluding tert-OH is 2. The minimum Gasteiger partial charge on any atom is -0.391 e. The molecule has 2 heterocycles. The second-order valence-corrected chi connectivity index (χ2v) is 23.0. The molecule has 2 aliphatic heterocycles. The van der Waals surface area contributed by atoms with E-state index in [-0.39, 0.29) is 78.6 Å². The molecule has 2 saturated carbocycles. The van der Waals surface area contributed by atoms with Gasteiger partial charge < -0.3 is 40.4 Å². The van der Waals surface area contributed by atoms with Crippen LogP contribution in [-0.4, -0.2) is 148 Å². The largest absolute Gasteiger partial charge is 0.391 e. The minimum atomic E-state index is -0.861. The van der Waals surface area contributed by atoms with Gasteiger partial charge in [0.1, 0.15) is 11.8 Å². The maximum atomic E-state index is 14.9. The molecule has 2 aliphatic carbocycles. The number of nitrogens with one attached hydrogen (secondary N) is 2. The zero-order valence-corrected chi connectivity index (χ0v) is 46.7. The number of aliphatic hydroxyl groups is 2. The molecule has 0 aromatic heterocycles. The Kier molecular flexibility index (Phi) is 20.7. The topological polar surface area (TPSA) is 180 Å². The van der Waals surface area contributed by atoms with Crippen LogP contribution in [0.25, 0.3) is 10.8 Å². The molecule has 0 bridgehead atoms. The molecule has 0 spiro atoms. The van der Waals surface area contributed by atoms with Crippen LogP contribution in [0.5, 0.6) is 0 Å². The average molecular weight is 1070 g/mol. The van der Waals surface area contributed by atoms with E-state index in [4.69, 9.17) is 0 Å². The highest BCUT2D eigenvalue weighted by Gasteiger charge is 2.45. The number of hydrogen-bond donors (Lipinski definition) is 4. The SMILES string of the molecule is CC[C@@H](C)C(=O)N[C@H](C(=O)N1CC[C@H](O)[C@H]1CN(CCc1ccccc1)C(=O)c1ccc2cc(C(=O)N(CCc3ccccc3)C[C@@H]3[C@@H](O)CCN3C(=O)[C@@H](CC(=O)[C@H](C)NC)C3CCCCC3)ccc2c1)C1CCCCC1. The molecule has 4 aromatic carbocycles. The van der Waals surface area contributed by atoms with Crippen LogP contribution < -0.4 is 10.6 Å². The molecule has 4 aromatic rings. The van der Waals surface area contributed by atoms with Gasteiger partial charge >= 0.3 is 0 Å². The van der Waals surface area contributed by atoms with E-state index < -0.39 is 36.3 Å². The molecule has 4 fully saturated rings. The maximum Gasteiger partial charge on any atom is 0.253 e. The number of fused-ring (bicyclic) bond motifs is 1. The van der Waals surface area contributed by atoms with Crippen LogP contribution in [0.1, 0.15) is 143 Å². The quantitative estimate of drug-likeness (QED) is 0.0573. The van der Waals surface area contributed by atoms with E-state index in [1.165, 1.54) is 0 Å². The molecule has 5 amide bonds. The van der Waals surface area contributed by atoms with E-state index in [0.717, 1.165) is 86.1 Å². The summed E-state index contributed by atoms with van der Waals surface area (Å²) in [5, 5.41) is 30.9. The van der Waals surface area contributed by atoms with E-state index >= 15 is 0 Å². The van der Waals surface area contributed by atoms with E-state index in [1.54, 1.807) is 38.8 Å². The predicted molar refractivity (Wildman–Crippen MR) is 304 cm³/mol. The fourth-order valence-electron chi connectivity index (χ4n) is 12.6. The Balaban J connectivity index is 1.03. The van der Waals surface area contributed by atoms with Crippen molar-refractivity contribution >= 4 is 46.1 Å². The van der Waals surface area contributed by atoms with Crippen molar-refractivity contribution < 1.29 is 39.0 Å². The Morgan fingerprint density at radius 2 is 1.06 bits per heavy atom. The van der Waals surface area contributed by atoms with Gasteiger partial charge in [-0.25, -0.2) is 0 Å². The van der Waals surface area contributed by atoms with Gasteiger partial charge in [0.15, 0.2) is 0 Å². The zero-order chi connectivity index (χ0) is 55.3. The summed E-state index contributed by atoms with van der Waals surface area (Å²) in [5.74, 6) is -1.59. The normalized spacial score (nSPS) is 21.7. The van der Waals surface area contributed by atoms with Gasteiger partial charge in [-0.05, 0) is 130 Å². The van der Waals surface area contributed by atoms with Crippen LogP contribution >= 0.6 is 0 Å². The van der Waals surface area contributed by atoms with Crippen LogP contribution in [-0.2, 0) is 32.0 Å². The number of carbonyl (C=O) groups excluding carboxylic acids is 6. The molecule has 0 unspecified atom stereocenters. The van der Waals surface area contributed by atoms with E-state index in [9.17, 15) is 39.0 Å². The number of amides is 5. The Labute approximate surface area is 462 Å². The second kappa shape index (κ2) is 27.8. The van der Waals surface area contributed by atoms with Crippen LogP contribution in [0.2, 0.25) is 0 Å². The monoisotopic (exact) mass is 1070 g/mol. The molecule has 0 radical (unpaired) electrons. The molecule has 14 heteroatoms. The lowest BCUT2D eigenvalue weighted by molar-refractivity contribution is -0.142. The van der Waals surface area contributed by atoms with Crippen molar-refractivity contribution in [3.05, 3.63) is 119 Å². The number of ketones is 1. The summed E-state index contributed by atoms with van der Waals surface area (Å²) in [6.45, 7) is 7.24. The summed E-state index contributed by atoms with van der Waals surface area (Å²) in [6.07, 6.45) is 10.7. The fraction of sp³-hybridized carbons (Fsp3) is 0.562. The number of carbonyl (C=O) groups is 6. The van der Waals surface area contributed by atoms with Gasteiger partial charge in [0.2, 0.25) is 17.7 Å². The first-order valence-corrected chi connectivity index (χ1v) is 29.4. The van der Waals surface area contributed by atoms with Crippen molar-refractivity contribution in [3.63, 3.8) is 0 Å². The maximum absolute atomic E-state index is 14.9. The number of likely N-dealkylation sites (N-methyl/N-ethyl adjacent to an activating group) is 1. The Bertz CT molecular complexity index is 2480. The third-order valence-corrected chi connectivity index (χ3v) is 18.0. The molecular formula is C64H86N6O8. The average Bonchev–Trinajstić information content (AvgIpc) is 4.06. The Morgan fingerprint density at radius 1 is 0.603 bits per heavy atom. The van der Waals surface area contributed by atoms with Gasteiger partial charge in [0.25, 0.3) is 11.8 Å². The zero-order valence-electron chi connectivity index (χ0n) is 46.7. The molecule has 78 heavy (non-hydrogen) atoms. The Morgan fingerprint density at radius 3 is 1.53 bits per heavy atom. The number of nitrogens with zero attached hydrogens (tertiary/aromatic N) is 4. The molecular weight excluding hydrogens is 981 g/mol. The number of Topliss-reactive ketones (excluding diaryl/α,β-unsaturated/α-hetero) is 1.